The van der Waals surface area contributed by atoms with Crippen LogP contribution in [0.15, 0.2) is 9.95 Å². The lowest BCUT2D eigenvalue weighted by atomic mass is 10.2. The van der Waals surface area contributed by atoms with E-state index in [1.54, 1.807) is 4.57 Å². The predicted molar refractivity (Wildman–Crippen MR) is 77.7 cm³/mol. The van der Waals surface area contributed by atoms with Crippen LogP contribution in [-0.4, -0.2) is 38.5 Å². The number of primary amides is 1. The van der Waals surface area contributed by atoms with Crippen LogP contribution in [0.1, 0.15) is 39.2 Å². The van der Waals surface area contributed by atoms with Crippen molar-refractivity contribution < 1.29 is 4.79 Å². The molecule has 2 rings (SSSR count). The molecule has 0 saturated heterocycles. The van der Waals surface area contributed by atoms with Gasteiger partial charge in [0.25, 0.3) is 0 Å². The Morgan fingerprint density at radius 1 is 1.60 bits per heavy atom. The quantitative estimate of drug-likeness (QED) is 0.596. The first-order valence-corrected chi connectivity index (χ1v) is 7.82. The van der Waals surface area contributed by atoms with Gasteiger partial charge in [0.05, 0.1) is 6.04 Å². The molecule has 0 bridgehead atoms. The van der Waals surface area contributed by atoms with Crippen molar-refractivity contribution in [3.63, 3.8) is 0 Å². The van der Waals surface area contributed by atoms with Crippen molar-refractivity contribution in [3.8, 4) is 0 Å². The van der Waals surface area contributed by atoms with Gasteiger partial charge in [0.15, 0.2) is 5.16 Å². The van der Waals surface area contributed by atoms with Crippen molar-refractivity contribution in [1.29, 1.82) is 0 Å². The largest absolute Gasteiger partial charge is 0.368 e. The Morgan fingerprint density at radius 2 is 2.30 bits per heavy atom. The molecule has 1 aliphatic rings. The molecular weight excluding hydrogens is 278 g/mol. The SMILES string of the molecule is CC(C)NC(CCSc1n[nH]c(=O)n1C1CC1)C(N)=O. The summed E-state index contributed by atoms with van der Waals surface area (Å²) in [5, 5.41) is 10.3. The fraction of sp³-hybridized carbons (Fsp3) is 0.750. The number of hydrogen-bond donors (Lipinski definition) is 3. The number of amides is 1. The van der Waals surface area contributed by atoms with E-state index in [1.165, 1.54) is 11.8 Å². The van der Waals surface area contributed by atoms with Crippen molar-refractivity contribution >= 4 is 17.7 Å². The second kappa shape index (κ2) is 6.45. The zero-order valence-corrected chi connectivity index (χ0v) is 12.6. The first-order chi connectivity index (χ1) is 9.49. The minimum Gasteiger partial charge on any atom is -0.368 e. The molecule has 1 heterocycles. The Morgan fingerprint density at radius 3 is 2.85 bits per heavy atom. The molecule has 0 radical (unpaired) electrons. The summed E-state index contributed by atoms with van der Waals surface area (Å²) < 4.78 is 1.71. The van der Waals surface area contributed by atoms with E-state index in [2.05, 4.69) is 15.5 Å². The smallest absolute Gasteiger partial charge is 0.344 e. The molecule has 4 N–H and O–H groups in total. The zero-order valence-electron chi connectivity index (χ0n) is 11.8. The van der Waals surface area contributed by atoms with Gasteiger partial charge >= 0.3 is 5.69 Å². The number of aromatic amines is 1. The highest BCUT2D eigenvalue weighted by atomic mass is 32.2. The number of thioether (sulfide) groups is 1. The number of hydrogen-bond acceptors (Lipinski definition) is 5. The Hall–Kier alpha value is -1.28. The van der Waals surface area contributed by atoms with Crippen LogP contribution in [0, 0.1) is 0 Å². The molecule has 112 valence electrons. The Bertz CT molecular complexity index is 520. The van der Waals surface area contributed by atoms with E-state index in [9.17, 15) is 9.59 Å². The molecule has 0 spiro atoms. The molecule has 0 aromatic carbocycles. The summed E-state index contributed by atoms with van der Waals surface area (Å²) in [6, 6.07) is 0.152. The molecule has 20 heavy (non-hydrogen) atoms. The summed E-state index contributed by atoms with van der Waals surface area (Å²) in [5.41, 5.74) is 5.22. The standard InChI is InChI=1S/C12H21N5O2S/c1-7(2)14-9(10(13)18)5-6-20-12-16-15-11(19)17(12)8-3-4-8/h7-9,14H,3-6H2,1-2H3,(H2,13,18)(H,15,19). The third-order valence-corrected chi connectivity index (χ3v) is 4.09. The first kappa shape index (κ1) is 15.1. The van der Waals surface area contributed by atoms with Gasteiger partial charge in [0, 0.05) is 17.8 Å². The normalized spacial score (nSPS) is 16.6. The zero-order chi connectivity index (χ0) is 14.7. The Kier molecular flexibility index (Phi) is 4.87. The monoisotopic (exact) mass is 299 g/mol. The number of carbonyl (C=O) groups excluding carboxylic acids is 1. The van der Waals surface area contributed by atoms with Crippen molar-refractivity contribution in [2.75, 3.05) is 5.75 Å². The lowest BCUT2D eigenvalue weighted by Crippen LogP contribution is -2.44. The molecule has 1 unspecified atom stereocenters. The number of nitrogens with one attached hydrogen (secondary N) is 2. The third kappa shape index (κ3) is 3.86. The van der Waals surface area contributed by atoms with Gasteiger partial charge < -0.3 is 11.1 Å². The molecular formula is C12H21N5O2S. The fourth-order valence-electron chi connectivity index (χ4n) is 2.02. The number of nitrogens with zero attached hydrogens (tertiary/aromatic N) is 2. The van der Waals surface area contributed by atoms with Crippen molar-refractivity contribution in [3.05, 3.63) is 10.5 Å². The maximum atomic E-state index is 11.6. The van der Waals surface area contributed by atoms with Gasteiger partial charge in [-0.05, 0) is 19.3 Å². The van der Waals surface area contributed by atoms with Crippen LogP contribution in [0.2, 0.25) is 0 Å². The van der Waals surface area contributed by atoms with Gasteiger partial charge in [0.2, 0.25) is 5.91 Å². The summed E-state index contributed by atoms with van der Waals surface area (Å²) in [7, 11) is 0. The van der Waals surface area contributed by atoms with E-state index >= 15 is 0 Å². The summed E-state index contributed by atoms with van der Waals surface area (Å²) in [6.45, 7) is 3.95. The van der Waals surface area contributed by atoms with E-state index in [0.29, 0.717) is 23.4 Å². The molecule has 8 heteroatoms. The highest BCUT2D eigenvalue weighted by Crippen LogP contribution is 2.36. The van der Waals surface area contributed by atoms with E-state index in [0.717, 1.165) is 12.8 Å². The first-order valence-electron chi connectivity index (χ1n) is 6.84. The van der Waals surface area contributed by atoms with Gasteiger partial charge in [0.1, 0.15) is 0 Å². The number of rotatable bonds is 8. The second-order valence-electron chi connectivity index (χ2n) is 5.33. The van der Waals surface area contributed by atoms with Crippen LogP contribution in [0.3, 0.4) is 0 Å². The number of H-pyrrole nitrogens is 1. The highest BCUT2D eigenvalue weighted by molar-refractivity contribution is 7.99. The second-order valence-corrected chi connectivity index (χ2v) is 6.39. The van der Waals surface area contributed by atoms with E-state index in [-0.39, 0.29) is 23.7 Å². The molecule has 1 saturated carbocycles. The summed E-state index contributed by atoms with van der Waals surface area (Å²) in [6.07, 6.45) is 2.68. The Balaban J connectivity index is 1.88. The average Bonchev–Trinajstić information content (AvgIpc) is 3.12. The lowest BCUT2D eigenvalue weighted by Gasteiger charge is -2.17. The van der Waals surface area contributed by atoms with E-state index in [4.69, 9.17) is 5.73 Å². The van der Waals surface area contributed by atoms with Crippen molar-refractivity contribution in [1.82, 2.24) is 20.1 Å². The molecule has 0 aliphatic heterocycles. The molecule has 1 aromatic rings. The summed E-state index contributed by atoms with van der Waals surface area (Å²) >= 11 is 1.48. The third-order valence-electron chi connectivity index (χ3n) is 3.10. The van der Waals surface area contributed by atoms with Crippen LogP contribution in [0.25, 0.3) is 0 Å². The summed E-state index contributed by atoms with van der Waals surface area (Å²) in [4.78, 5) is 23.0. The minimum absolute atomic E-state index is 0.151. The molecule has 1 aliphatic carbocycles. The van der Waals surface area contributed by atoms with Gasteiger partial charge in [-0.2, -0.15) is 0 Å². The van der Waals surface area contributed by atoms with Crippen molar-refractivity contribution in [2.45, 2.75) is 56.4 Å². The predicted octanol–water partition coefficient (Wildman–Crippen LogP) is 0.240. The van der Waals surface area contributed by atoms with Crippen LogP contribution in [-0.2, 0) is 4.79 Å². The molecule has 1 atom stereocenters. The van der Waals surface area contributed by atoms with Gasteiger partial charge in [-0.25, -0.2) is 9.89 Å². The molecule has 1 fully saturated rings. The van der Waals surface area contributed by atoms with Gasteiger partial charge in [-0.3, -0.25) is 9.36 Å². The number of carbonyl (C=O) groups is 1. The minimum atomic E-state index is -0.346. The molecule has 1 amide bonds. The number of nitrogens with two attached hydrogens (primary N) is 1. The van der Waals surface area contributed by atoms with Crippen LogP contribution in [0.5, 0.6) is 0 Å². The summed E-state index contributed by atoms with van der Waals surface area (Å²) in [5.74, 6) is 0.338. The molecule has 1 aromatic heterocycles. The van der Waals surface area contributed by atoms with E-state index < -0.39 is 0 Å². The maximum absolute atomic E-state index is 11.6. The highest BCUT2D eigenvalue weighted by Gasteiger charge is 2.28. The van der Waals surface area contributed by atoms with Crippen LogP contribution in [0.4, 0.5) is 0 Å². The van der Waals surface area contributed by atoms with Crippen LogP contribution < -0.4 is 16.7 Å². The number of aromatic nitrogens is 3. The Labute approximate surface area is 121 Å². The van der Waals surface area contributed by atoms with Crippen LogP contribution >= 0.6 is 11.8 Å². The van der Waals surface area contributed by atoms with Gasteiger partial charge in [-0.15, -0.1) is 5.10 Å². The van der Waals surface area contributed by atoms with Crippen molar-refractivity contribution in [2.24, 2.45) is 5.73 Å². The maximum Gasteiger partial charge on any atom is 0.344 e. The average molecular weight is 299 g/mol. The van der Waals surface area contributed by atoms with Gasteiger partial charge in [-0.1, -0.05) is 25.6 Å². The van der Waals surface area contributed by atoms with E-state index in [1.807, 2.05) is 13.8 Å². The molecule has 7 nitrogen and oxygen atoms in total. The fourth-order valence-corrected chi connectivity index (χ4v) is 3.04. The topological polar surface area (TPSA) is 106 Å². The lowest BCUT2D eigenvalue weighted by molar-refractivity contribution is -0.120.